The average Bonchev–Trinajstić information content (AvgIpc) is 2.04. The van der Waals surface area contributed by atoms with Gasteiger partial charge in [0.25, 0.3) is 0 Å². The van der Waals surface area contributed by atoms with Gasteiger partial charge in [-0.25, -0.2) is 4.98 Å². The molecule has 3 N–H and O–H groups in total. The van der Waals surface area contributed by atoms with Crippen LogP contribution in [0.4, 0.5) is 11.5 Å². The van der Waals surface area contributed by atoms with Crippen LogP contribution >= 0.6 is 0 Å². The second kappa shape index (κ2) is 4.09. The molecule has 0 saturated carbocycles. The molecule has 0 radical (unpaired) electrons. The van der Waals surface area contributed by atoms with Crippen molar-refractivity contribution in [2.45, 2.75) is 13.0 Å². The lowest BCUT2D eigenvalue weighted by molar-refractivity contribution is 0.201. The quantitative estimate of drug-likeness (QED) is 0.712. The molecular formula is C9H15N3O. The van der Waals surface area contributed by atoms with Gasteiger partial charge in [0.2, 0.25) is 0 Å². The first kappa shape index (κ1) is 9.80. The van der Waals surface area contributed by atoms with E-state index in [0.717, 1.165) is 5.82 Å². The molecule has 0 aromatic carbocycles. The van der Waals surface area contributed by atoms with Gasteiger partial charge in [-0.2, -0.15) is 0 Å². The van der Waals surface area contributed by atoms with Gasteiger partial charge in [0.1, 0.15) is 5.82 Å². The fraction of sp³-hybridized carbons (Fsp3) is 0.444. The topological polar surface area (TPSA) is 62.4 Å². The summed E-state index contributed by atoms with van der Waals surface area (Å²) >= 11 is 0. The van der Waals surface area contributed by atoms with Crippen LogP contribution in [0, 0.1) is 0 Å². The maximum absolute atomic E-state index is 9.14. The molecule has 4 heteroatoms. The van der Waals surface area contributed by atoms with Crippen LogP contribution in [0.15, 0.2) is 18.3 Å². The van der Waals surface area contributed by atoms with Gasteiger partial charge in [0.05, 0.1) is 18.0 Å². The zero-order chi connectivity index (χ0) is 9.84. The van der Waals surface area contributed by atoms with Crippen molar-refractivity contribution in [3.8, 4) is 0 Å². The third-order valence-electron chi connectivity index (χ3n) is 1.70. The number of anilines is 2. The van der Waals surface area contributed by atoms with Crippen molar-refractivity contribution < 1.29 is 5.11 Å². The zero-order valence-electron chi connectivity index (χ0n) is 7.94. The van der Waals surface area contributed by atoms with E-state index >= 15 is 0 Å². The summed E-state index contributed by atoms with van der Waals surface area (Å²) < 4.78 is 0. The van der Waals surface area contributed by atoms with Crippen molar-refractivity contribution in [3.05, 3.63) is 18.3 Å². The molecule has 72 valence electrons. The zero-order valence-corrected chi connectivity index (χ0v) is 7.94. The number of rotatable bonds is 3. The second-order valence-electron chi connectivity index (χ2n) is 3.18. The van der Waals surface area contributed by atoms with Crippen molar-refractivity contribution >= 4 is 11.5 Å². The van der Waals surface area contributed by atoms with Crippen molar-refractivity contribution in [3.63, 3.8) is 0 Å². The molecular weight excluding hydrogens is 166 g/mol. The maximum Gasteiger partial charge on any atom is 0.128 e. The van der Waals surface area contributed by atoms with Crippen LogP contribution in [0.25, 0.3) is 0 Å². The summed E-state index contributed by atoms with van der Waals surface area (Å²) in [5.41, 5.74) is 6.15. The predicted octanol–water partition coefficient (Wildman–Crippen LogP) is 0.481. The summed E-state index contributed by atoms with van der Waals surface area (Å²) in [6.07, 6.45) is 1.25. The SMILES string of the molecule is CC(O)CN(C)c1ccc(N)cn1. The molecule has 1 heterocycles. The Morgan fingerprint density at radius 3 is 2.77 bits per heavy atom. The third kappa shape index (κ3) is 2.91. The number of hydrogen-bond acceptors (Lipinski definition) is 4. The highest BCUT2D eigenvalue weighted by Gasteiger charge is 2.04. The van der Waals surface area contributed by atoms with E-state index in [2.05, 4.69) is 4.98 Å². The summed E-state index contributed by atoms with van der Waals surface area (Å²) in [6, 6.07) is 3.62. The Labute approximate surface area is 78.0 Å². The van der Waals surface area contributed by atoms with Gasteiger partial charge in [-0.05, 0) is 19.1 Å². The number of pyridine rings is 1. The van der Waals surface area contributed by atoms with Crippen LogP contribution in [0.5, 0.6) is 0 Å². The van der Waals surface area contributed by atoms with E-state index in [4.69, 9.17) is 10.8 Å². The summed E-state index contributed by atoms with van der Waals surface area (Å²) in [4.78, 5) is 6.00. The highest BCUT2D eigenvalue weighted by Crippen LogP contribution is 2.10. The summed E-state index contributed by atoms with van der Waals surface area (Å²) in [7, 11) is 1.88. The van der Waals surface area contributed by atoms with E-state index in [1.165, 1.54) is 0 Å². The molecule has 1 rings (SSSR count). The highest BCUT2D eigenvalue weighted by atomic mass is 16.3. The number of nitrogens with two attached hydrogens (primary N) is 1. The molecule has 0 saturated heterocycles. The first-order valence-corrected chi connectivity index (χ1v) is 4.20. The van der Waals surface area contributed by atoms with Gasteiger partial charge in [-0.3, -0.25) is 0 Å². The molecule has 0 aliphatic rings. The first-order chi connectivity index (χ1) is 6.09. The Balaban J connectivity index is 2.66. The van der Waals surface area contributed by atoms with Crippen molar-refractivity contribution in [2.75, 3.05) is 24.2 Å². The van der Waals surface area contributed by atoms with Gasteiger partial charge in [0.15, 0.2) is 0 Å². The fourth-order valence-corrected chi connectivity index (χ4v) is 1.11. The van der Waals surface area contributed by atoms with Crippen LogP contribution in [0.1, 0.15) is 6.92 Å². The monoisotopic (exact) mass is 181 g/mol. The Bertz CT molecular complexity index is 258. The van der Waals surface area contributed by atoms with E-state index in [1.54, 1.807) is 19.2 Å². The highest BCUT2D eigenvalue weighted by molar-refractivity contribution is 5.45. The number of likely N-dealkylation sites (N-methyl/N-ethyl adjacent to an activating group) is 1. The molecule has 0 amide bonds. The molecule has 0 fully saturated rings. The lowest BCUT2D eigenvalue weighted by atomic mass is 10.3. The van der Waals surface area contributed by atoms with Gasteiger partial charge < -0.3 is 15.7 Å². The van der Waals surface area contributed by atoms with Crippen molar-refractivity contribution in [1.82, 2.24) is 4.98 Å². The van der Waals surface area contributed by atoms with E-state index in [-0.39, 0.29) is 6.10 Å². The predicted molar refractivity (Wildman–Crippen MR) is 53.6 cm³/mol. The molecule has 1 unspecified atom stereocenters. The van der Waals surface area contributed by atoms with E-state index in [9.17, 15) is 0 Å². The van der Waals surface area contributed by atoms with Crippen LogP contribution in [0.2, 0.25) is 0 Å². The molecule has 13 heavy (non-hydrogen) atoms. The van der Waals surface area contributed by atoms with Gasteiger partial charge >= 0.3 is 0 Å². The van der Waals surface area contributed by atoms with Crippen LogP contribution in [0.3, 0.4) is 0 Å². The lowest BCUT2D eigenvalue weighted by Gasteiger charge is -2.19. The third-order valence-corrected chi connectivity index (χ3v) is 1.70. The van der Waals surface area contributed by atoms with Gasteiger partial charge in [0, 0.05) is 13.6 Å². The number of aliphatic hydroxyl groups is 1. The number of nitrogen functional groups attached to an aromatic ring is 1. The fourth-order valence-electron chi connectivity index (χ4n) is 1.11. The summed E-state index contributed by atoms with van der Waals surface area (Å²) in [5.74, 6) is 0.815. The van der Waals surface area contributed by atoms with Crippen molar-refractivity contribution in [1.29, 1.82) is 0 Å². The minimum atomic E-state index is -0.357. The molecule has 0 aliphatic heterocycles. The molecule has 1 aromatic rings. The summed E-state index contributed by atoms with van der Waals surface area (Å²) in [5, 5.41) is 9.14. The second-order valence-corrected chi connectivity index (χ2v) is 3.18. The maximum atomic E-state index is 9.14. The smallest absolute Gasteiger partial charge is 0.128 e. The van der Waals surface area contributed by atoms with Gasteiger partial charge in [-0.15, -0.1) is 0 Å². The first-order valence-electron chi connectivity index (χ1n) is 4.20. The number of aromatic nitrogens is 1. The standard InChI is InChI=1S/C9H15N3O/c1-7(13)6-12(2)9-4-3-8(10)5-11-9/h3-5,7,13H,6,10H2,1-2H3. The largest absolute Gasteiger partial charge is 0.397 e. The average molecular weight is 181 g/mol. The Morgan fingerprint density at radius 1 is 1.62 bits per heavy atom. The van der Waals surface area contributed by atoms with Crippen molar-refractivity contribution in [2.24, 2.45) is 0 Å². The molecule has 1 atom stereocenters. The van der Waals surface area contributed by atoms with Crippen LogP contribution in [-0.4, -0.2) is 29.8 Å². The Morgan fingerprint density at radius 2 is 2.31 bits per heavy atom. The molecule has 0 spiro atoms. The molecule has 0 bridgehead atoms. The van der Waals surface area contributed by atoms with E-state index < -0.39 is 0 Å². The van der Waals surface area contributed by atoms with E-state index in [0.29, 0.717) is 12.2 Å². The number of nitrogens with zero attached hydrogens (tertiary/aromatic N) is 2. The van der Waals surface area contributed by atoms with Crippen LogP contribution < -0.4 is 10.6 Å². The minimum Gasteiger partial charge on any atom is -0.397 e. The normalized spacial score (nSPS) is 12.5. The summed E-state index contributed by atoms with van der Waals surface area (Å²) in [6.45, 7) is 2.31. The number of hydrogen-bond donors (Lipinski definition) is 2. The van der Waals surface area contributed by atoms with E-state index in [1.807, 2.05) is 18.0 Å². The minimum absolute atomic E-state index is 0.357. The van der Waals surface area contributed by atoms with Gasteiger partial charge in [-0.1, -0.05) is 0 Å². The molecule has 0 aliphatic carbocycles. The lowest BCUT2D eigenvalue weighted by Crippen LogP contribution is -2.27. The Kier molecular flexibility index (Phi) is 3.08. The molecule has 4 nitrogen and oxygen atoms in total. The molecule has 1 aromatic heterocycles. The number of aliphatic hydroxyl groups excluding tert-OH is 1. The van der Waals surface area contributed by atoms with Crippen LogP contribution in [-0.2, 0) is 0 Å². The Hall–Kier alpha value is -1.29.